The van der Waals surface area contributed by atoms with Gasteiger partial charge in [-0.05, 0) is 18.9 Å². The lowest BCUT2D eigenvalue weighted by Crippen LogP contribution is -2.39. The van der Waals surface area contributed by atoms with Crippen molar-refractivity contribution < 1.29 is 4.84 Å². The third-order valence-electron chi connectivity index (χ3n) is 4.07. The van der Waals surface area contributed by atoms with E-state index in [1.807, 2.05) is 24.4 Å². The van der Waals surface area contributed by atoms with Crippen molar-refractivity contribution >= 4 is 0 Å². The fraction of sp³-hybridized carbons (Fsp3) is 0.471. The van der Waals surface area contributed by atoms with E-state index in [0.29, 0.717) is 12.6 Å². The van der Waals surface area contributed by atoms with Crippen molar-refractivity contribution in [2.45, 2.75) is 45.5 Å². The van der Waals surface area contributed by atoms with Crippen LogP contribution in [0.25, 0.3) is 0 Å². The van der Waals surface area contributed by atoms with E-state index in [2.05, 4.69) is 46.6 Å². The third kappa shape index (κ3) is 3.21. The molecule has 1 aliphatic rings. The molecule has 0 saturated carbocycles. The average Bonchev–Trinajstić information content (AvgIpc) is 2.96. The molecule has 0 bridgehead atoms. The molecule has 0 amide bonds. The van der Waals surface area contributed by atoms with Gasteiger partial charge in [0.25, 0.3) is 0 Å². The van der Waals surface area contributed by atoms with Gasteiger partial charge in [-0.1, -0.05) is 37.3 Å². The Morgan fingerprint density at radius 1 is 1.36 bits per heavy atom. The standard InChI is InChI=1S/C17H24N4O/c1-3-9-21-17-13(2)18-11-16(15(17)10-19-21)20-22-12-14-7-5-4-6-8-14/h4-8,10,13,16,18,20H,3,9,11-12H2,1-2H3. The highest BCUT2D eigenvalue weighted by molar-refractivity contribution is 5.27. The van der Waals surface area contributed by atoms with Crippen LogP contribution in [0.2, 0.25) is 0 Å². The van der Waals surface area contributed by atoms with Gasteiger partial charge in [-0.3, -0.25) is 9.52 Å². The Hall–Kier alpha value is -1.69. The number of nitrogens with zero attached hydrogens (tertiary/aromatic N) is 2. The summed E-state index contributed by atoms with van der Waals surface area (Å²) in [7, 11) is 0. The first-order valence-corrected chi connectivity index (χ1v) is 7.99. The summed E-state index contributed by atoms with van der Waals surface area (Å²) in [6.45, 7) is 6.73. The lowest BCUT2D eigenvalue weighted by molar-refractivity contribution is 0.000506. The molecule has 2 unspecified atom stereocenters. The molecule has 22 heavy (non-hydrogen) atoms. The van der Waals surface area contributed by atoms with Crippen LogP contribution >= 0.6 is 0 Å². The fourth-order valence-electron chi connectivity index (χ4n) is 2.95. The van der Waals surface area contributed by atoms with Gasteiger partial charge in [-0.2, -0.15) is 10.6 Å². The van der Waals surface area contributed by atoms with Crippen LogP contribution in [-0.2, 0) is 18.0 Å². The second kappa shape index (κ2) is 7.05. The Labute approximate surface area is 131 Å². The third-order valence-corrected chi connectivity index (χ3v) is 4.07. The van der Waals surface area contributed by atoms with Crippen molar-refractivity contribution in [2.24, 2.45) is 0 Å². The van der Waals surface area contributed by atoms with Crippen molar-refractivity contribution in [1.29, 1.82) is 0 Å². The molecule has 1 aromatic carbocycles. The monoisotopic (exact) mass is 300 g/mol. The lowest BCUT2D eigenvalue weighted by Gasteiger charge is -2.29. The van der Waals surface area contributed by atoms with Crippen LogP contribution in [0.3, 0.4) is 0 Å². The second-order valence-electron chi connectivity index (χ2n) is 5.78. The van der Waals surface area contributed by atoms with Crippen LogP contribution in [0.1, 0.15) is 49.2 Å². The van der Waals surface area contributed by atoms with Crippen LogP contribution in [0.15, 0.2) is 36.5 Å². The number of nitrogens with one attached hydrogen (secondary N) is 2. The number of aryl methyl sites for hydroxylation is 1. The molecule has 0 aliphatic carbocycles. The molecular weight excluding hydrogens is 276 g/mol. The number of fused-ring (bicyclic) bond motifs is 1. The number of aromatic nitrogens is 2. The number of rotatable bonds is 6. The van der Waals surface area contributed by atoms with Gasteiger partial charge in [0.15, 0.2) is 0 Å². The van der Waals surface area contributed by atoms with E-state index in [-0.39, 0.29) is 6.04 Å². The molecule has 2 atom stereocenters. The van der Waals surface area contributed by atoms with Gasteiger partial charge in [-0.15, -0.1) is 0 Å². The molecule has 0 spiro atoms. The summed E-state index contributed by atoms with van der Waals surface area (Å²) < 4.78 is 2.11. The van der Waals surface area contributed by atoms with Crippen molar-refractivity contribution in [1.82, 2.24) is 20.6 Å². The van der Waals surface area contributed by atoms with E-state index >= 15 is 0 Å². The molecule has 0 radical (unpaired) electrons. The van der Waals surface area contributed by atoms with E-state index in [0.717, 1.165) is 25.1 Å². The second-order valence-corrected chi connectivity index (χ2v) is 5.78. The highest BCUT2D eigenvalue weighted by Crippen LogP contribution is 2.28. The molecule has 118 valence electrons. The van der Waals surface area contributed by atoms with E-state index < -0.39 is 0 Å². The molecule has 2 aromatic rings. The van der Waals surface area contributed by atoms with E-state index in [1.165, 1.54) is 11.3 Å². The maximum absolute atomic E-state index is 5.69. The first kappa shape index (κ1) is 15.2. The van der Waals surface area contributed by atoms with Crippen LogP contribution in [0.5, 0.6) is 0 Å². The van der Waals surface area contributed by atoms with Crippen molar-refractivity contribution in [3.05, 3.63) is 53.3 Å². The summed E-state index contributed by atoms with van der Waals surface area (Å²) in [5.74, 6) is 0. The predicted octanol–water partition coefficient (Wildman–Crippen LogP) is 2.72. The summed E-state index contributed by atoms with van der Waals surface area (Å²) in [4.78, 5) is 5.69. The Balaban J connectivity index is 1.65. The SMILES string of the molecule is CCCn1ncc2c1C(C)NCC2NOCc1ccccc1. The summed E-state index contributed by atoms with van der Waals surface area (Å²) in [5.41, 5.74) is 6.86. The van der Waals surface area contributed by atoms with Gasteiger partial charge in [0.1, 0.15) is 0 Å². The van der Waals surface area contributed by atoms with Gasteiger partial charge < -0.3 is 5.32 Å². The predicted molar refractivity (Wildman–Crippen MR) is 86.0 cm³/mol. The normalized spacial score (nSPS) is 20.8. The molecular formula is C17H24N4O. The molecule has 5 heteroatoms. The molecule has 0 fully saturated rings. The minimum absolute atomic E-state index is 0.139. The van der Waals surface area contributed by atoms with Gasteiger partial charge in [-0.25, -0.2) is 0 Å². The minimum Gasteiger partial charge on any atom is -0.307 e. The lowest BCUT2D eigenvalue weighted by atomic mass is 9.99. The first-order chi connectivity index (χ1) is 10.8. The van der Waals surface area contributed by atoms with Crippen molar-refractivity contribution in [3.63, 3.8) is 0 Å². The van der Waals surface area contributed by atoms with E-state index in [9.17, 15) is 0 Å². The summed E-state index contributed by atoms with van der Waals surface area (Å²) >= 11 is 0. The van der Waals surface area contributed by atoms with E-state index in [1.54, 1.807) is 0 Å². The molecule has 2 heterocycles. The minimum atomic E-state index is 0.139. The zero-order chi connectivity index (χ0) is 15.4. The smallest absolute Gasteiger partial charge is 0.0933 e. The Morgan fingerprint density at radius 2 is 2.18 bits per heavy atom. The Morgan fingerprint density at radius 3 is 2.95 bits per heavy atom. The number of hydrogen-bond donors (Lipinski definition) is 2. The zero-order valence-electron chi connectivity index (χ0n) is 13.2. The summed E-state index contributed by atoms with van der Waals surface area (Å²) in [5, 5.41) is 8.05. The highest BCUT2D eigenvalue weighted by atomic mass is 16.6. The summed E-state index contributed by atoms with van der Waals surface area (Å²) in [6, 6.07) is 10.7. The quantitative estimate of drug-likeness (QED) is 0.805. The first-order valence-electron chi connectivity index (χ1n) is 7.99. The van der Waals surface area contributed by atoms with Crippen molar-refractivity contribution in [2.75, 3.05) is 6.54 Å². The molecule has 3 rings (SSSR count). The maximum Gasteiger partial charge on any atom is 0.0933 e. The van der Waals surface area contributed by atoms with Crippen molar-refractivity contribution in [3.8, 4) is 0 Å². The molecule has 5 nitrogen and oxygen atoms in total. The zero-order valence-corrected chi connectivity index (χ0v) is 13.2. The Kier molecular flexibility index (Phi) is 4.87. The van der Waals surface area contributed by atoms with Gasteiger partial charge in [0.05, 0.1) is 24.5 Å². The number of hydrogen-bond acceptors (Lipinski definition) is 4. The van der Waals surface area contributed by atoms with Gasteiger partial charge in [0.2, 0.25) is 0 Å². The van der Waals surface area contributed by atoms with Gasteiger partial charge >= 0.3 is 0 Å². The van der Waals surface area contributed by atoms with Crippen LogP contribution in [0.4, 0.5) is 0 Å². The average molecular weight is 300 g/mol. The number of benzene rings is 1. The summed E-state index contributed by atoms with van der Waals surface area (Å²) in [6.07, 6.45) is 3.06. The topological polar surface area (TPSA) is 51.1 Å². The largest absolute Gasteiger partial charge is 0.307 e. The van der Waals surface area contributed by atoms with Gasteiger partial charge in [0, 0.05) is 24.7 Å². The van der Waals surface area contributed by atoms with Crippen LogP contribution < -0.4 is 10.8 Å². The molecule has 1 aliphatic heterocycles. The maximum atomic E-state index is 5.69. The highest BCUT2D eigenvalue weighted by Gasteiger charge is 2.28. The molecule has 2 N–H and O–H groups in total. The molecule has 1 aromatic heterocycles. The fourth-order valence-corrected chi connectivity index (χ4v) is 2.95. The molecule has 0 saturated heterocycles. The number of hydroxylamine groups is 1. The van der Waals surface area contributed by atoms with Crippen LogP contribution in [-0.4, -0.2) is 16.3 Å². The van der Waals surface area contributed by atoms with Crippen LogP contribution in [0, 0.1) is 0 Å². The Bertz CT molecular complexity index is 596. The van der Waals surface area contributed by atoms with E-state index in [4.69, 9.17) is 4.84 Å².